The number of ether oxygens (including phenoxy) is 2. The van der Waals surface area contributed by atoms with E-state index in [1.807, 2.05) is 0 Å². The Morgan fingerprint density at radius 2 is 2.06 bits per heavy atom. The van der Waals surface area contributed by atoms with Gasteiger partial charge >= 0.3 is 0 Å². The maximum Gasteiger partial charge on any atom is 0.262 e. The number of nitrogens with one attached hydrogen (secondary N) is 1. The minimum absolute atomic E-state index is 0.0271. The molecule has 2 aliphatic heterocycles. The Morgan fingerprint density at radius 3 is 2.74 bits per heavy atom. The number of rotatable bonds is 6. The van der Waals surface area contributed by atoms with Gasteiger partial charge in [0.15, 0.2) is 18.2 Å². The summed E-state index contributed by atoms with van der Waals surface area (Å²) in [7, 11) is 1.63. The number of fused-ring (bicyclic) bond motifs is 1. The van der Waals surface area contributed by atoms with Crippen LogP contribution in [-0.4, -0.2) is 55.8 Å². The first-order chi connectivity index (χ1) is 16.3. The minimum atomic E-state index is -0.726. The largest absolute Gasteiger partial charge is 0.490 e. The van der Waals surface area contributed by atoms with Crippen LogP contribution in [0.15, 0.2) is 41.5 Å². The van der Waals surface area contributed by atoms with Gasteiger partial charge in [-0.3, -0.25) is 14.6 Å². The van der Waals surface area contributed by atoms with Gasteiger partial charge in [-0.1, -0.05) is 6.07 Å². The van der Waals surface area contributed by atoms with Crippen molar-refractivity contribution in [3.05, 3.63) is 59.3 Å². The molecule has 0 aromatic heterocycles. The van der Waals surface area contributed by atoms with Gasteiger partial charge in [0, 0.05) is 49.6 Å². The number of halogens is 2. The molecule has 0 radical (unpaired) electrons. The number of likely N-dealkylation sites (tertiary alicyclic amines) is 1. The highest BCUT2D eigenvalue weighted by molar-refractivity contribution is 6.22. The molecule has 2 aliphatic rings. The zero-order valence-corrected chi connectivity index (χ0v) is 18.7. The SMILES string of the molecule is CN=C(C)C(=CN)c1ccc(OCC2CN(C(=O)c3cc4c(cc3F)OCC(=O)N4)C2)c(F)c1. The molecule has 2 amide bonds. The van der Waals surface area contributed by atoms with Crippen LogP contribution in [0.5, 0.6) is 11.5 Å². The molecule has 0 atom stereocenters. The van der Waals surface area contributed by atoms with Gasteiger partial charge in [-0.25, -0.2) is 8.78 Å². The summed E-state index contributed by atoms with van der Waals surface area (Å²) < 4.78 is 39.7. The van der Waals surface area contributed by atoms with Crippen molar-refractivity contribution >= 4 is 28.8 Å². The third kappa shape index (κ3) is 4.57. The van der Waals surface area contributed by atoms with Crippen LogP contribution in [0.3, 0.4) is 0 Å². The zero-order chi connectivity index (χ0) is 24.4. The van der Waals surface area contributed by atoms with E-state index in [9.17, 15) is 18.4 Å². The maximum absolute atomic E-state index is 14.5. The van der Waals surface area contributed by atoms with E-state index in [-0.39, 0.29) is 47.8 Å². The molecule has 34 heavy (non-hydrogen) atoms. The Kier molecular flexibility index (Phi) is 6.49. The molecule has 0 unspecified atom stereocenters. The molecule has 2 aromatic carbocycles. The molecule has 8 nitrogen and oxygen atoms in total. The average Bonchev–Trinajstić information content (AvgIpc) is 2.79. The Morgan fingerprint density at radius 1 is 1.29 bits per heavy atom. The molecule has 10 heteroatoms. The van der Waals surface area contributed by atoms with Crippen molar-refractivity contribution in [2.75, 3.05) is 38.7 Å². The van der Waals surface area contributed by atoms with Crippen molar-refractivity contribution in [1.29, 1.82) is 0 Å². The summed E-state index contributed by atoms with van der Waals surface area (Å²) in [6, 6.07) is 6.93. The standard InChI is InChI=1S/C24H24F2N4O4/c1-13(28-2)17(8-27)15-3-4-21(19(26)5-15)33-11-14-9-30(10-14)24(32)16-6-20-22(7-18(16)25)34-12-23(31)29-20/h3-8,14H,9-12,27H2,1-2H3,(H,29,31). The fraction of sp³-hybridized carbons (Fsp3) is 0.292. The molecule has 3 N–H and O–H groups in total. The Bertz CT molecular complexity index is 1210. The summed E-state index contributed by atoms with van der Waals surface area (Å²) in [4.78, 5) is 29.7. The van der Waals surface area contributed by atoms with E-state index in [0.717, 1.165) is 6.07 Å². The van der Waals surface area contributed by atoms with Crippen molar-refractivity contribution in [3.63, 3.8) is 0 Å². The fourth-order valence-corrected chi connectivity index (χ4v) is 3.82. The predicted molar refractivity (Wildman–Crippen MR) is 123 cm³/mol. The number of anilines is 1. The lowest BCUT2D eigenvalue weighted by molar-refractivity contribution is -0.118. The summed E-state index contributed by atoms with van der Waals surface area (Å²) >= 11 is 0. The van der Waals surface area contributed by atoms with E-state index < -0.39 is 17.5 Å². The van der Waals surface area contributed by atoms with E-state index in [1.165, 1.54) is 29.3 Å². The second kappa shape index (κ2) is 9.50. The van der Waals surface area contributed by atoms with Crippen LogP contribution in [0.1, 0.15) is 22.8 Å². The molecule has 0 aliphatic carbocycles. The number of aliphatic imine (C=N–C) groups is 1. The molecule has 4 rings (SSSR count). The fourth-order valence-electron chi connectivity index (χ4n) is 3.82. The van der Waals surface area contributed by atoms with Crippen LogP contribution in [0.2, 0.25) is 0 Å². The minimum Gasteiger partial charge on any atom is -0.490 e. The number of carbonyl (C=O) groups excluding carboxylic acids is 2. The summed E-state index contributed by atoms with van der Waals surface area (Å²) in [5.74, 6) is -1.89. The number of carbonyl (C=O) groups is 2. The molecular formula is C24H24F2N4O4. The lowest BCUT2D eigenvalue weighted by atomic mass is 9.99. The molecule has 0 bridgehead atoms. The van der Waals surface area contributed by atoms with E-state index >= 15 is 0 Å². The van der Waals surface area contributed by atoms with Crippen molar-refractivity contribution in [3.8, 4) is 11.5 Å². The van der Waals surface area contributed by atoms with Gasteiger partial charge in [0.25, 0.3) is 11.8 Å². The number of amides is 2. The van der Waals surface area contributed by atoms with E-state index in [1.54, 1.807) is 20.0 Å². The molecule has 1 fully saturated rings. The number of nitrogens with two attached hydrogens (primary N) is 1. The monoisotopic (exact) mass is 470 g/mol. The number of hydrogen-bond acceptors (Lipinski definition) is 6. The van der Waals surface area contributed by atoms with E-state index in [2.05, 4.69) is 10.3 Å². The third-order valence-corrected chi connectivity index (χ3v) is 5.79. The van der Waals surface area contributed by atoms with Crippen LogP contribution >= 0.6 is 0 Å². The summed E-state index contributed by atoms with van der Waals surface area (Å²) in [6.45, 7) is 2.46. The van der Waals surface area contributed by atoms with Crippen molar-refractivity contribution in [2.24, 2.45) is 16.6 Å². The van der Waals surface area contributed by atoms with Gasteiger partial charge in [-0.05, 0) is 30.7 Å². The average molecular weight is 470 g/mol. The van der Waals surface area contributed by atoms with Crippen molar-refractivity contribution in [2.45, 2.75) is 6.92 Å². The zero-order valence-electron chi connectivity index (χ0n) is 18.7. The molecule has 0 saturated carbocycles. The molecule has 178 valence electrons. The van der Waals surface area contributed by atoms with Crippen LogP contribution in [0.4, 0.5) is 14.5 Å². The lowest BCUT2D eigenvalue weighted by Gasteiger charge is -2.39. The van der Waals surface area contributed by atoms with Crippen LogP contribution in [0, 0.1) is 17.6 Å². The number of allylic oxidation sites excluding steroid dienone is 1. The highest BCUT2D eigenvalue weighted by atomic mass is 19.1. The Balaban J connectivity index is 1.34. The first-order valence-electron chi connectivity index (χ1n) is 10.6. The number of hydrogen-bond donors (Lipinski definition) is 2. The van der Waals surface area contributed by atoms with Gasteiger partial charge in [-0.15, -0.1) is 0 Å². The summed E-state index contributed by atoms with van der Waals surface area (Å²) in [5.41, 5.74) is 7.64. The normalized spacial score (nSPS) is 16.4. The van der Waals surface area contributed by atoms with Gasteiger partial charge < -0.3 is 25.4 Å². The topological polar surface area (TPSA) is 106 Å². The molecule has 1 saturated heterocycles. The van der Waals surface area contributed by atoms with Gasteiger partial charge in [0.05, 0.1) is 17.9 Å². The molecule has 2 aromatic rings. The first kappa shape index (κ1) is 23.2. The van der Waals surface area contributed by atoms with Gasteiger partial charge in [0.1, 0.15) is 11.6 Å². The van der Waals surface area contributed by atoms with E-state index in [0.29, 0.717) is 29.9 Å². The van der Waals surface area contributed by atoms with Crippen LogP contribution in [0.25, 0.3) is 5.57 Å². The molecular weight excluding hydrogens is 446 g/mol. The van der Waals surface area contributed by atoms with Gasteiger partial charge in [0.2, 0.25) is 0 Å². The summed E-state index contributed by atoms with van der Waals surface area (Å²) in [6.07, 6.45) is 1.38. The summed E-state index contributed by atoms with van der Waals surface area (Å²) in [5, 5.41) is 2.56. The Labute approximate surface area is 195 Å². The number of benzene rings is 2. The molecule has 2 heterocycles. The first-order valence-corrected chi connectivity index (χ1v) is 10.6. The van der Waals surface area contributed by atoms with Gasteiger partial charge in [-0.2, -0.15) is 0 Å². The third-order valence-electron chi connectivity index (χ3n) is 5.79. The van der Waals surface area contributed by atoms with Crippen LogP contribution < -0.4 is 20.5 Å². The van der Waals surface area contributed by atoms with Crippen molar-refractivity contribution in [1.82, 2.24) is 4.90 Å². The highest BCUT2D eigenvalue weighted by Crippen LogP contribution is 2.32. The lowest BCUT2D eigenvalue weighted by Crippen LogP contribution is -2.52. The second-order valence-electron chi connectivity index (χ2n) is 8.09. The quantitative estimate of drug-likeness (QED) is 0.632. The molecule has 0 spiro atoms. The van der Waals surface area contributed by atoms with Crippen molar-refractivity contribution < 1.29 is 27.8 Å². The van der Waals surface area contributed by atoms with Crippen LogP contribution in [-0.2, 0) is 4.79 Å². The van der Waals surface area contributed by atoms with E-state index in [4.69, 9.17) is 15.2 Å². The predicted octanol–water partition coefficient (Wildman–Crippen LogP) is 2.84. The maximum atomic E-state index is 14.5. The second-order valence-corrected chi connectivity index (χ2v) is 8.09. The Hall–Kier alpha value is -3.95. The number of nitrogens with zero attached hydrogens (tertiary/aromatic N) is 2. The highest BCUT2D eigenvalue weighted by Gasteiger charge is 2.34. The smallest absolute Gasteiger partial charge is 0.262 e.